The molecule has 7 heteroatoms. The molecule has 202 valence electrons. The number of halogens is 1. The maximum atomic E-state index is 13.5. The smallest absolute Gasteiger partial charge is 0.181 e. The lowest BCUT2D eigenvalue weighted by Crippen LogP contribution is -2.46. The third-order valence-corrected chi connectivity index (χ3v) is 7.73. The number of Topliss-reactive ketones (excluding diaryl/α,β-unsaturated/α-hetero) is 1. The summed E-state index contributed by atoms with van der Waals surface area (Å²) in [5, 5.41) is 0. The van der Waals surface area contributed by atoms with Crippen LogP contribution >= 0.6 is 0 Å². The summed E-state index contributed by atoms with van der Waals surface area (Å²) >= 11 is 0. The number of ketones is 1. The number of carbonyl (C=O) groups is 1. The molecule has 1 aliphatic heterocycles. The number of anilines is 2. The third kappa shape index (κ3) is 5.19. The normalized spacial score (nSPS) is 13.7. The number of hydrogen-bond donors (Lipinski definition) is 0. The minimum Gasteiger partial charge on any atom is -0.368 e. The van der Waals surface area contributed by atoms with E-state index in [0.717, 1.165) is 59.9 Å². The van der Waals surface area contributed by atoms with Crippen LogP contribution in [-0.4, -0.2) is 46.3 Å². The predicted molar refractivity (Wildman–Crippen MR) is 158 cm³/mol. The van der Waals surface area contributed by atoms with Crippen molar-refractivity contribution in [2.45, 2.75) is 26.2 Å². The number of piperazine rings is 1. The average molecular weight is 534 g/mol. The largest absolute Gasteiger partial charge is 0.368 e. The molecule has 5 aromatic rings. The van der Waals surface area contributed by atoms with E-state index in [1.54, 1.807) is 12.4 Å². The fourth-order valence-electron chi connectivity index (χ4n) is 5.54. The summed E-state index contributed by atoms with van der Waals surface area (Å²) in [6.07, 6.45) is 7.28. The fourth-order valence-corrected chi connectivity index (χ4v) is 5.54. The Morgan fingerprint density at radius 2 is 1.48 bits per heavy atom. The summed E-state index contributed by atoms with van der Waals surface area (Å²) in [5.41, 5.74) is 7.74. The maximum absolute atomic E-state index is 13.5. The first-order valence-electron chi connectivity index (χ1n) is 13.9. The van der Waals surface area contributed by atoms with Gasteiger partial charge in [-0.15, -0.1) is 0 Å². The number of nitrogens with zero attached hydrogens (tertiary/aromatic N) is 5. The molecule has 40 heavy (non-hydrogen) atoms. The number of rotatable bonds is 8. The van der Waals surface area contributed by atoms with Crippen LogP contribution in [0.15, 0.2) is 91.4 Å². The van der Waals surface area contributed by atoms with Crippen LogP contribution in [0.4, 0.5) is 15.8 Å². The Hall–Kier alpha value is -4.52. The van der Waals surface area contributed by atoms with Crippen molar-refractivity contribution in [1.82, 2.24) is 14.4 Å². The minimum absolute atomic E-state index is 0.109. The molecule has 6 nitrogen and oxygen atoms in total. The van der Waals surface area contributed by atoms with Crippen molar-refractivity contribution in [2.24, 2.45) is 0 Å². The number of fused-ring (bicyclic) bond motifs is 1. The van der Waals surface area contributed by atoms with E-state index in [2.05, 4.69) is 39.0 Å². The molecule has 6 rings (SSSR count). The predicted octanol–water partition coefficient (Wildman–Crippen LogP) is 6.24. The van der Waals surface area contributed by atoms with Gasteiger partial charge in [0.1, 0.15) is 17.2 Å². The number of aryl methyl sites for hydroxylation is 2. The minimum atomic E-state index is -0.205. The van der Waals surface area contributed by atoms with E-state index in [1.165, 1.54) is 17.8 Å². The van der Waals surface area contributed by atoms with Crippen molar-refractivity contribution in [3.63, 3.8) is 0 Å². The number of carbonyl (C=O) groups excluding carboxylic acids is 1. The molecule has 3 aromatic heterocycles. The van der Waals surface area contributed by atoms with Gasteiger partial charge < -0.3 is 9.80 Å². The molecule has 0 radical (unpaired) electrons. The Morgan fingerprint density at radius 3 is 2.10 bits per heavy atom. The van der Waals surface area contributed by atoms with Crippen molar-refractivity contribution in [3.05, 3.63) is 114 Å². The van der Waals surface area contributed by atoms with Crippen LogP contribution in [0.3, 0.4) is 0 Å². The van der Waals surface area contributed by atoms with Gasteiger partial charge in [-0.1, -0.05) is 19.1 Å². The molecular formula is C33H32FN5O. The molecule has 1 fully saturated rings. The Bertz CT molecular complexity index is 1610. The Morgan fingerprint density at radius 1 is 0.850 bits per heavy atom. The molecule has 0 unspecified atom stereocenters. The Kier molecular flexibility index (Phi) is 7.27. The second kappa shape index (κ2) is 11.3. The van der Waals surface area contributed by atoms with Crippen molar-refractivity contribution in [2.75, 3.05) is 36.0 Å². The highest BCUT2D eigenvalue weighted by Crippen LogP contribution is 2.27. The first-order valence-corrected chi connectivity index (χ1v) is 13.9. The van der Waals surface area contributed by atoms with Gasteiger partial charge >= 0.3 is 0 Å². The molecule has 0 N–H and O–H groups in total. The van der Waals surface area contributed by atoms with Crippen molar-refractivity contribution in [3.8, 4) is 11.1 Å². The average Bonchev–Trinajstić information content (AvgIpc) is 3.40. The van der Waals surface area contributed by atoms with Gasteiger partial charge in [-0.2, -0.15) is 0 Å². The van der Waals surface area contributed by atoms with Crippen LogP contribution in [0.5, 0.6) is 0 Å². The van der Waals surface area contributed by atoms with E-state index in [1.807, 2.05) is 53.9 Å². The van der Waals surface area contributed by atoms with Gasteiger partial charge in [0.2, 0.25) is 0 Å². The van der Waals surface area contributed by atoms with E-state index in [4.69, 9.17) is 4.98 Å². The highest BCUT2D eigenvalue weighted by Gasteiger charge is 2.21. The van der Waals surface area contributed by atoms with E-state index in [9.17, 15) is 9.18 Å². The highest BCUT2D eigenvalue weighted by atomic mass is 19.1. The van der Waals surface area contributed by atoms with Crippen molar-refractivity contribution in [1.29, 1.82) is 0 Å². The zero-order valence-corrected chi connectivity index (χ0v) is 22.6. The van der Waals surface area contributed by atoms with Gasteiger partial charge in [0.25, 0.3) is 0 Å². The first-order chi connectivity index (χ1) is 19.6. The molecule has 0 spiro atoms. The maximum Gasteiger partial charge on any atom is 0.181 e. The second-order valence-corrected chi connectivity index (χ2v) is 10.2. The molecule has 0 amide bonds. The van der Waals surface area contributed by atoms with Crippen LogP contribution in [0, 0.1) is 5.82 Å². The SMILES string of the molecule is CCc1nc2c(-c3ccncc3)cccn2c1C(=O)CCc1ccc(N2CCN(c3ccc(F)cc3)CC2)cc1. The summed E-state index contributed by atoms with van der Waals surface area (Å²) in [7, 11) is 0. The number of aromatic nitrogens is 3. The van der Waals surface area contributed by atoms with Crippen molar-refractivity contribution < 1.29 is 9.18 Å². The molecule has 0 atom stereocenters. The molecular weight excluding hydrogens is 501 g/mol. The van der Waals surface area contributed by atoms with Crippen molar-refractivity contribution >= 4 is 22.8 Å². The number of hydrogen-bond acceptors (Lipinski definition) is 5. The van der Waals surface area contributed by atoms with E-state index >= 15 is 0 Å². The zero-order chi connectivity index (χ0) is 27.5. The lowest BCUT2D eigenvalue weighted by Gasteiger charge is -2.37. The summed E-state index contributed by atoms with van der Waals surface area (Å²) in [5.74, 6) is -0.0964. The highest BCUT2D eigenvalue weighted by molar-refractivity contribution is 5.97. The third-order valence-electron chi connectivity index (χ3n) is 7.73. The van der Waals surface area contributed by atoms with E-state index in [-0.39, 0.29) is 11.6 Å². The topological polar surface area (TPSA) is 53.7 Å². The molecule has 2 aromatic carbocycles. The molecule has 4 heterocycles. The quantitative estimate of drug-likeness (QED) is 0.221. The van der Waals surface area contributed by atoms with Gasteiger partial charge in [0, 0.05) is 68.1 Å². The lowest BCUT2D eigenvalue weighted by molar-refractivity contribution is 0.0976. The summed E-state index contributed by atoms with van der Waals surface area (Å²) in [4.78, 5) is 27.2. The summed E-state index contributed by atoms with van der Waals surface area (Å²) in [6.45, 7) is 5.64. The molecule has 1 saturated heterocycles. The van der Waals surface area contributed by atoms with Crippen LogP contribution in [0.25, 0.3) is 16.8 Å². The van der Waals surface area contributed by atoms with Gasteiger partial charge in [-0.25, -0.2) is 9.37 Å². The number of imidazole rings is 1. The van der Waals surface area contributed by atoms with Gasteiger partial charge in [0.15, 0.2) is 5.78 Å². The van der Waals surface area contributed by atoms with Crippen LogP contribution < -0.4 is 9.80 Å². The first kappa shape index (κ1) is 25.7. The van der Waals surface area contributed by atoms with Gasteiger partial charge in [0.05, 0.1) is 5.69 Å². The summed E-state index contributed by atoms with van der Waals surface area (Å²) < 4.78 is 15.2. The molecule has 0 aliphatic carbocycles. The monoisotopic (exact) mass is 533 g/mol. The molecule has 0 bridgehead atoms. The van der Waals surface area contributed by atoms with Crippen LogP contribution in [0.1, 0.15) is 35.1 Å². The van der Waals surface area contributed by atoms with Crippen LogP contribution in [0.2, 0.25) is 0 Å². The Labute approximate surface area is 233 Å². The Balaban J connectivity index is 1.11. The van der Waals surface area contributed by atoms with Gasteiger partial charge in [-0.3, -0.25) is 14.2 Å². The van der Waals surface area contributed by atoms with Crippen LogP contribution in [-0.2, 0) is 12.8 Å². The van der Waals surface area contributed by atoms with E-state index in [0.29, 0.717) is 25.0 Å². The fraction of sp³-hybridized carbons (Fsp3) is 0.242. The summed E-state index contributed by atoms with van der Waals surface area (Å²) in [6, 6.07) is 23.2. The number of pyridine rings is 2. The van der Waals surface area contributed by atoms with Gasteiger partial charge in [-0.05, 0) is 84.6 Å². The molecule has 0 saturated carbocycles. The second-order valence-electron chi connectivity index (χ2n) is 10.2. The number of benzene rings is 2. The molecule has 1 aliphatic rings. The standard InChI is InChI=1S/C33H32FN5O/c1-2-30-32(39-19-3-4-29(33(39)36-30)25-15-17-35-18-16-25)31(40)14-7-24-5-10-27(11-6-24)37-20-22-38(23-21-37)28-12-8-26(34)9-13-28/h3-6,8-13,15-19H,2,7,14,20-23H2,1H3. The zero-order valence-electron chi connectivity index (χ0n) is 22.6. The lowest BCUT2D eigenvalue weighted by atomic mass is 10.0. The van der Waals surface area contributed by atoms with E-state index < -0.39 is 0 Å².